The molecule has 2 rings (SSSR count). The van der Waals surface area contributed by atoms with E-state index in [-0.39, 0.29) is 5.91 Å². The Bertz CT molecular complexity index is 468. The summed E-state index contributed by atoms with van der Waals surface area (Å²) < 4.78 is 4.73. The van der Waals surface area contributed by atoms with Gasteiger partial charge in [0.25, 0.3) is 0 Å². The lowest BCUT2D eigenvalue weighted by atomic mass is 10.2. The van der Waals surface area contributed by atoms with Crippen LogP contribution in [-0.4, -0.2) is 22.6 Å². The average Bonchev–Trinajstić information content (AvgIpc) is 2.89. The number of hydrogen-bond acceptors (Lipinski definition) is 4. The fourth-order valence-corrected chi connectivity index (χ4v) is 1.62. The molecule has 0 aliphatic carbocycles. The number of aryl methyl sites for hydroxylation is 1. The molecule has 18 heavy (non-hydrogen) atoms. The van der Waals surface area contributed by atoms with E-state index < -0.39 is 0 Å². The summed E-state index contributed by atoms with van der Waals surface area (Å²) in [6.45, 7) is 0.657. The van der Waals surface area contributed by atoms with E-state index in [2.05, 4.69) is 15.5 Å². The lowest BCUT2D eigenvalue weighted by molar-refractivity contribution is -0.120. The SMILES string of the molecule is O=C(Cc1cccnc1)NCCCc1cnoc1. The largest absolute Gasteiger partial charge is 0.364 e. The van der Waals surface area contributed by atoms with Gasteiger partial charge in [0.15, 0.2) is 0 Å². The number of nitrogens with one attached hydrogen (secondary N) is 1. The molecule has 1 amide bonds. The second-order valence-electron chi connectivity index (χ2n) is 4.02. The molecule has 0 bridgehead atoms. The first-order valence-electron chi connectivity index (χ1n) is 5.88. The van der Waals surface area contributed by atoms with Crippen LogP contribution in [0.5, 0.6) is 0 Å². The van der Waals surface area contributed by atoms with E-state index in [9.17, 15) is 4.79 Å². The minimum absolute atomic E-state index is 0.0216. The Morgan fingerprint density at radius 2 is 2.28 bits per heavy atom. The summed E-state index contributed by atoms with van der Waals surface area (Å²) in [4.78, 5) is 15.6. The van der Waals surface area contributed by atoms with Crippen molar-refractivity contribution < 1.29 is 9.32 Å². The normalized spacial score (nSPS) is 10.2. The van der Waals surface area contributed by atoms with Crippen LogP contribution < -0.4 is 5.32 Å². The predicted octanol–water partition coefficient (Wildman–Crippen LogP) is 1.36. The molecule has 0 unspecified atom stereocenters. The Hall–Kier alpha value is -2.17. The summed E-state index contributed by atoms with van der Waals surface area (Å²) in [6, 6.07) is 3.72. The van der Waals surface area contributed by atoms with Crippen LogP contribution in [0.15, 0.2) is 41.5 Å². The first-order chi connectivity index (χ1) is 8.84. The molecule has 0 saturated carbocycles. The Labute approximate surface area is 105 Å². The van der Waals surface area contributed by atoms with Gasteiger partial charge in [0.05, 0.1) is 12.6 Å². The van der Waals surface area contributed by atoms with E-state index in [1.165, 1.54) is 0 Å². The van der Waals surface area contributed by atoms with E-state index in [0.29, 0.717) is 13.0 Å². The highest BCUT2D eigenvalue weighted by Crippen LogP contribution is 2.00. The van der Waals surface area contributed by atoms with Gasteiger partial charge < -0.3 is 9.84 Å². The van der Waals surface area contributed by atoms with Gasteiger partial charge in [-0.15, -0.1) is 0 Å². The quantitative estimate of drug-likeness (QED) is 0.780. The van der Waals surface area contributed by atoms with Gasteiger partial charge in [-0.1, -0.05) is 11.2 Å². The van der Waals surface area contributed by atoms with Crippen LogP contribution in [0, 0.1) is 0 Å². The molecule has 2 aromatic rings. The molecule has 0 fully saturated rings. The molecule has 2 heterocycles. The first-order valence-corrected chi connectivity index (χ1v) is 5.88. The van der Waals surface area contributed by atoms with Crippen molar-refractivity contribution in [3.05, 3.63) is 48.1 Å². The summed E-state index contributed by atoms with van der Waals surface area (Å²) in [5.74, 6) is 0.0216. The van der Waals surface area contributed by atoms with Gasteiger partial charge in [-0.25, -0.2) is 0 Å². The fraction of sp³-hybridized carbons (Fsp3) is 0.308. The van der Waals surface area contributed by atoms with Gasteiger partial charge in [-0.05, 0) is 24.5 Å². The summed E-state index contributed by atoms with van der Waals surface area (Å²) in [6.07, 6.45) is 8.82. The number of pyridine rings is 1. The molecule has 0 saturated heterocycles. The molecular formula is C13H15N3O2. The highest BCUT2D eigenvalue weighted by Gasteiger charge is 2.02. The third-order valence-corrected chi connectivity index (χ3v) is 2.54. The topological polar surface area (TPSA) is 68.0 Å². The van der Waals surface area contributed by atoms with Crippen LogP contribution in [0.2, 0.25) is 0 Å². The fourth-order valence-electron chi connectivity index (χ4n) is 1.62. The molecule has 0 spiro atoms. The maximum absolute atomic E-state index is 11.6. The van der Waals surface area contributed by atoms with Gasteiger partial charge in [0, 0.05) is 24.5 Å². The minimum atomic E-state index is 0.0216. The number of aromatic nitrogens is 2. The van der Waals surface area contributed by atoms with Crippen LogP contribution in [0.3, 0.4) is 0 Å². The van der Waals surface area contributed by atoms with E-state index in [0.717, 1.165) is 24.0 Å². The zero-order valence-electron chi connectivity index (χ0n) is 10.0. The third-order valence-electron chi connectivity index (χ3n) is 2.54. The monoisotopic (exact) mass is 245 g/mol. The number of rotatable bonds is 6. The smallest absolute Gasteiger partial charge is 0.224 e. The van der Waals surface area contributed by atoms with Gasteiger partial charge in [-0.2, -0.15) is 0 Å². The molecule has 0 radical (unpaired) electrons. The molecule has 1 N–H and O–H groups in total. The number of hydrogen-bond donors (Lipinski definition) is 1. The van der Waals surface area contributed by atoms with Crippen LogP contribution in [0.4, 0.5) is 0 Å². The van der Waals surface area contributed by atoms with Crippen molar-refractivity contribution in [2.45, 2.75) is 19.3 Å². The standard InChI is InChI=1S/C13H15N3O2/c17-13(7-11-3-1-5-14-8-11)15-6-2-4-12-9-16-18-10-12/h1,3,5,8-10H,2,4,6-7H2,(H,15,17). The van der Waals surface area contributed by atoms with E-state index in [1.54, 1.807) is 24.9 Å². The maximum Gasteiger partial charge on any atom is 0.224 e. The van der Waals surface area contributed by atoms with Crippen LogP contribution >= 0.6 is 0 Å². The summed E-state index contributed by atoms with van der Waals surface area (Å²) in [5, 5.41) is 6.50. The Morgan fingerprint density at radius 3 is 3.00 bits per heavy atom. The van der Waals surface area contributed by atoms with Gasteiger partial charge in [0.2, 0.25) is 5.91 Å². The summed E-state index contributed by atoms with van der Waals surface area (Å²) in [7, 11) is 0. The van der Waals surface area contributed by atoms with E-state index in [1.807, 2.05) is 12.1 Å². The highest BCUT2D eigenvalue weighted by molar-refractivity contribution is 5.78. The Kier molecular flexibility index (Phi) is 4.46. The van der Waals surface area contributed by atoms with Crippen LogP contribution in [0.25, 0.3) is 0 Å². The van der Waals surface area contributed by atoms with Crippen molar-refractivity contribution in [1.29, 1.82) is 0 Å². The number of carbonyl (C=O) groups excluding carboxylic acids is 1. The second kappa shape index (κ2) is 6.54. The van der Waals surface area contributed by atoms with Crippen molar-refractivity contribution in [2.24, 2.45) is 0 Å². The zero-order valence-corrected chi connectivity index (χ0v) is 10.0. The van der Waals surface area contributed by atoms with Crippen LogP contribution in [-0.2, 0) is 17.6 Å². The van der Waals surface area contributed by atoms with Gasteiger partial charge in [-0.3, -0.25) is 9.78 Å². The van der Waals surface area contributed by atoms with Crippen molar-refractivity contribution in [3.8, 4) is 0 Å². The number of nitrogens with zero attached hydrogens (tertiary/aromatic N) is 2. The molecule has 0 atom stereocenters. The first kappa shape index (κ1) is 12.3. The van der Waals surface area contributed by atoms with E-state index >= 15 is 0 Å². The summed E-state index contributed by atoms with van der Waals surface area (Å²) >= 11 is 0. The minimum Gasteiger partial charge on any atom is -0.364 e. The van der Waals surface area contributed by atoms with Crippen molar-refractivity contribution in [1.82, 2.24) is 15.5 Å². The zero-order chi connectivity index (χ0) is 12.6. The molecule has 0 aliphatic heterocycles. The second-order valence-corrected chi connectivity index (χ2v) is 4.02. The number of carbonyl (C=O) groups is 1. The van der Waals surface area contributed by atoms with Crippen molar-refractivity contribution in [3.63, 3.8) is 0 Å². The molecule has 94 valence electrons. The predicted molar refractivity (Wildman–Crippen MR) is 65.8 cm³/mol. The highest BCUT2D eigenvalue weighted by atomic mass is 16.5. The molecule has 2 aromatic heterocycles. The molecule has 5 nitrogen and oxygen atoms in total. The Morgan fingerprint density at radius 1 is 1.33 bits per heavy atom. The number of amides is 1. The van der Waals surface area contributed by atoms with E-state index in [4.69, 9.17) is 4.52 Å². The molecular weight excluding hydrogens is 230 g/mol. The lowest BCUT2D eigenvalue weighted by Crippen LogP contribution is -2.26. The lowest BCUT2D eigenvalue weighted by Gasteiger charge is -2.04. The van der Waals surface area contributed by atoms with Crippen molar-refractivity contribution in [2.75, 3.05) is 6.54 Å². The average molecular weight is 245 g/mol. The van der Waals surface area contributed by atoms with Gasteiger partial charge in [0.1, 0.15) is 6.26 Å². The molecule has 0 aliphatic rings. The van der Waals surface area contributed by atoms with Crippen molar-refractivity contribution >= 4 is 5.91 Å². The van der Waals surface area contributed by atoms with Crippen LogP contribution in [0.1, 0.15) is 17.5 Å². The Balaban J connectivity index is 1.63. The molecule has 0 aromatic carbocycles. The van der Waals surface area contributed by atoms with Gasteiger partial charge >= 0.3 is 0 Å². The third kappa shape index (κ3) is 4.01. The maximum atomic E-state index is 11.6. The molecule has 5 heteroatoms. The summed E-state index contributed by atoms with van der Waals surface area (Å²) in [5.41, 5.74) is 1.98.